The zero-order valence-electron chi connectivity index (χ0n) is 6.13. The van der Waals surface area contributed by atoms with E-state index < -0.39 is 0 Å². The van der Waals surface area contributed by atoms with Crippen molar-refractivity contribution in [2.75, 3.05) is 0 Å². The van der Waals surface area contributed by atoms with Gasteiger partial charge >= 0.3 is 0 Å². The van der Waals surface area contributed by atoms with Gasteiger partial charge in [0.1, 0.15) is 5.52 Å². The lowest BCUT2D eigenvalue weighted by atomic mass is 10.3. The number of hydrogen-bond acceptors (Lipinski definition) is 2. The lowest BCUT2D eigenvalue weighted by Gasteiger charge is -1.93. The Hall–Kier alpha value is -1.84. The Morgan fingerprint density at radius 3 is 2.75 bits per heavy atom. The molecule has 0 amide bonds. The summed E-state index contributed by atoms with van der Waals surface area (Å²) in [6, 6.07) is 4.33. The molecule has 0 atom stereocenters. The van der Waals surface area contributed by atoms with E-state index in [0.29, 0.717) is 11.0 Å². The van der Waals surface area contributed by atoms with Crippen LogP contribution in [0.5, 0.6) is 0 Å². The van der Waals surface area contributed by atoms with E-state index in [0.717, 1.165) is 0 Å². The van der Waals surface area contributed by atoms with Crippen LogP contribution in [-0.4, -0.2) is 9.97 Å². The summed E-state index contributed by atoms with van der Waals surface area (Å²) in [6.45, 7) is 0. The van der Waals surface area contributed by atoms with Gasteiger partial charge in [-0.25, -0.2) is 0 Å². The van der Waals surface area contributed by atoms with E-state index in [1.807, 2.05) is 0 Å². The summed E-state index contributed by atoms with van der Waals surface area (Å²) in [5, 5.41) is 0. The average Bonchev–Trinajstić information content (AvgIpc) is 2.07. The predicted octanol–water partition coefficient (Wildman–Crippen LogP) is 0.216. The molecule has 2 aromatic heterocycles. The molecular formula is C8H6N2O2. The average molecular weight is 162 g/mol. The monoisotopic (exact) mass is 162 g/mol. The van der Waals surface area contributed by atoms with Crippen molar-refractivity contribution in [1.82, 2.24) is 9.97 Å². The van der Waals surface area contributed by atoms with Gasteiger partial charge in [-0.05, 0) is 6.07 Å². The number of nitrogens with one attached hydrogen (secondary N) is 2. The van der Waals surface area contributed by atoms with Gasteiger partial charge in [-0.15, -0.1) is 0 Å². The third-order valence-corrected chi connectivity index (χ3v) is 1.64. The largest absolute Gasteiger partial charge is 0.360 e. The fourth-order valence-corrected chi connectivity index (χ4v) is 1.08. The molecule has 2 N–H and O–H groups in total. The van der Waals surface area contributed by atoms with Crippen molar-refractivity contribution < 1.29 is 0 Å². The van der Waals surface area contributed by atoms with E-state index in [9.17, 15) is 9.59 Å². The van der Waals surface area contributed by atoms with Crippen LogP contribution < -0.4 is 11.0 Å². The summed E-state index contributed by atoms with van der Waals surface area (Å²) in [5.74, 6) is 0. The molecule has 0 aliphatic rings. The summed E-state index contributed by atoms with van der Waals surface area (Å²) in [7, 11) is 0. The van der Waals surface area contributed by atoms with Crippen LogP contribution >= 0.6 is 0 Å². The van der Waals surface area contributed by atoms with Gasteiger partial charge in [-0.3, -0.25) is 9.59 Å². The molecule has 4 nitrogen and oxygen atoms in total. The second kappa shape index (κ2) is 2.34. The molecule has 4 heteroatoms. The maximum atomic E-state index is 11.1. The molecule has 0 saturated heterocycles. The zero-order chi connectivity index (χ0) is 8.55. The topological polar surface area (TPSA) is 65.7 Å². The van der Waals surface area contributed by atoms with Crippen LogP contribution in [0.25, 0.3) is 11.0 Å². The highest BCUT2D eigenvalue weighted by Gasteiger charge is 1.96. The third-order valence-electron chi connectivity index (χ3n) is 1.64. The van der Waals surface area contributed by atoms with Crippen molar-refractivity contribution in [3.8, 4) is 0 Å². The predicted molar refractivity (Wildman–Crippen MR) is 45.2 cm³/mol. The van der Waals surface area contributed by atoms with Crippen LogP contribution in [0.1, 0.15) is 0 Å². The Kier molecular flexibility index (Phi) is 1.33. The van der Waals surface area contributed by atoms with Gasteiger partial charge in [-0.1, -0.05) is 0 Å². The van der Waals surface area contributed by atoms with Gasteiger partial charge in [0.2, 0.25) is 11.0 Å². The first-order valence-electron chi connectivity index (χ1n) is 3.48. The van der Waals surface area contributed by atoms with Crippen LogP contribution in [0.15, 0.2) is 34.0 Å². The van der Waals surface area contributed by atoms with Crippen molar-refractivity contribution in [2.45, 2.75) is 0 Å². The van der Waals surface area contributed by atoms with Crippen molar-refractivity contribution >= 4 is 11.0 Å². The first kappa shape index (κ1) is 6.84. The molecule has 0 unspecified atom stereocenters. The molecule has 0 fully saturated rings. The summed E-state index contributed by atoms with van der Waals surface area (Å²) < 4.78 is 0. The lowest BCUT2D eigenvalue weighted by molar-refractivity contribution is 1.26. The van der Waals surface area contributed by atoms with Gasteiger partial charge in [0.05, 0.1) is 5.52 Å². The SMILES string of the molecule is O=c1ccc2[nH]ccc(=O)c2[nH]1. The second-order valence-electron chi connectivity index (χ2n) is 2.45. The molecule has 0 saturated carbocycles. The minimum atomic E-state index is -0.265. The smallest absolute Gasteiger partial charge is 0.248 e. The number of rotatable bonds is 0. The Morgan fingerprint density at radius 1 is 1.08 bits per heavy atom. The minimum absolute atomic E-state index is 0.179. The van der Waals surface area contributed by atoms with Crippen LogP contribution in [0, 0.1) is 0 Å². The van der Waals surface area contributed by atoms with E-state index in [1.54, 1.807) is 12.3 Å². The molecule has 0 aliphatic carbocycles. The first-order valence-corrected chi connectivity index (χ1v) is 3.48. The standard InChI is InChI=1S/C8H6N2O2/c11-6-3-4-9-5-1-2-7(12)10-8(5)6/h1-4H,(H,9,11)(H,10,12). The highest BCUT2D eigenvalue weighted by Crippen LogP contribution is 1.97. The van der Waals surface area contributed by atoms with Gasteiger partial charge < -0.3 is 9.97 Å². The van der Waals surface area contributed by atoms with E-state index >= 15 is 0 Å². The molecule has 0 bridgehead atoms. The fraction of sp³-hybridized carbons (Fsp3) is 0. The highest BCUT2D eigenvalue weighted by molar-refractivity contribution is 5.72. The highest BCUT2D eigenvalue weighted by atomic mass is 16.1. The molecule has 60 valence electrons. The van der Waals surface area contributed by atoms with Crippen LogP contribution in [-0.2, 0) is 0 Å². The second-order valence-corrected chi connectivity index (χ2v) is 2.45. The number of aromatic nitrogens is 2. The quantitative estimate of drug-likeness (QED) is 0.581. The Morgan fingerprint density at radius 2 is 1.92 bits per heavy atom. The summed E-state index contributed by atoms with van der Waals surface area (Å²) in [5.41, 5.74) is 0.521. The van der Waals surface area contributed by atoms with Crippen molar-refractivity contribution in [3.05, 3.63) is 45.0 Å². The number of H-pyrrole nitrogens is 2. The van der Waals surface area contributed by atoms with E-state index in [1.165, 1.54) is 12.1 Å². The van der Waals surface area contributed by atoms with Crippen molar-refractivity contribution in [1.29, 1.82) is 0 Å². The maximum absolute atomic E-state index is 11.1. The zero-order valence-corrected chi connectivity index (χ0v) is 6.13. The minimum Gasteiger partial charge on any atom is -0.360 e. The summed E-state index contributed by atoms with van der Waals surface area (Å²) >= 11 is 0. The Labute approximate surface area is 66.9 Å². The molecule has 0 spiro atoms. The molecular weight excluding hydrogens is 156 g/mol. The number of fused-ring (bicyclic) bond motifs is 1. The maximum Gasteiger partial charge on any atom is 0.248 e. The van der Waals surface area contributed by atoms with Crippen molar-refractivity contribution in [3.63, 3.8) is 0 Å². The molecule has 0 aromatic carbocycles. The number of pyridine rings is 2. The fourth-order valence-electron chi connectivity index (χ4n) is 1.08. The summed E-state index contributed by atoms with van der Waals surface area (Å²) in [6.07, 6.45) is 1.54. The summed E-state index contributed by atoms with van der Waals surface area (Å²) in [4.78, 5) is 27.3. The van der Waals surface area contributed by atoms with Gasteiger partial charge in [0.25, 0.3) is 0 Å². The Bertz CT molecular complexity index is 524. The van der Waals surface area contributed by atoms with Crippen molar-refractivity contribution in [2.24, 2.45) is 0 Å². The van der Waals surface area contributed by atoms with Gasteiger partial charge in [0.15, 0.2) is 0 Å². The third kappa shape index (κ3) is 0.934. The molecule has 2 aromatic rings. The first-order chi connectivity index (χ1) is 5.77. The van der Waals surface area contributed by atoms with Gasteiger partial charge in [0, 0.05) is 18.3 Å². The normalized spacial score (nSPS) is 10.3. The molecule has 2 heterocycles. The van der Waals surface area contributed by atoms with E-state index in [4.69, 9.17) is 0 Å². The van der Waals surface area contributed by atoms with E-state index in [2.05, 4.69) is 9.97 Å². The van der Waals surface area contributed by atoms with Crippen LogP contribution in [0.2, 0.25) is 0 Å². The molecule has 0 radical (unpaired) electrons. The van der Waals surface area contributed by atoms with Crippen LogP contribution in [0.4, 0.5) is 0 Å². The Balaban J connectivity index is 3.08. The molecule has 0 aliphatic heterocycles. The molecule has 12 heavy (non-hydrogen) atoms. The number of hydrogen-bond donors (Lipinski definition) is 2. The van der Waals surface area contributed by atoms with E-state index in [-0.39, 0.29) is 11.0 Å². The lowest BCUT2D eigenvalue weighted by Crippen LogP contribution is -2.10. The molecule has 2 rings (SSSR count). The van der Waals surface area contributed by atoms with Crippen LogP contribution in [0.3, 0.4) is 0 Å². The van der Waals surface area contributed by atoms with Gasteiger partial charge in [-0.2, -0.15) is 0 Å². The number of aromatic amines is 2.